The van der Waals surface area contributed by atoms with Crippen LogP contribution in [-0.4, -0.2) is 43.7 Å². The number of rotatable bonds is 6. The summed E-state index contributed by atoms with van der Waals surface area (Å²) >= 11 is 7.04. The van der Waals surface area contributed by atoms with E-state index in [0.717, 1.165) is 28.4 Å². The van der Waals surface area contributed by atoms with Gasteiger partial charge in [-0.3, -0.25) is 4.79 Å². The average Bonchev–Trinajstić information content (AvgIpc) is 2.86. The van der Waals surface area contributed by atoms with Crippen molar-refractivity contribution in [3.8, 4) is 0 Å². The molecule has 0 spiro atoms. The summed E-state index contributed by atoms with van der Waals surface area (Å²) in [4.78, 5) is 15.5. The molecule has 3 aromatic rings. The standard InChI is InChI=1S/C27H28Br2N2O3S/c1-19-14-16-31(17-15-19)35(33,34)25-18-21(12-13-24(25)29)27(32)30(2)26(20-8-4-3-5-9-20)22-10-6-7-11-23(22)28/h3-13,18-19,26H,14-17H2,1-2H3. The number of amides is 1. The molecule has 1 amide bonds. The Balaban J connectivity index is 1.71. The van der Waals surface area contributed by atoms with Crippen molar-refractivity contribution in [2.45, 2.75) is 30.7 Å². The fourth-order valence-corrected chi connectivity index (χ4v) is 7.39. The van der Waals surface area contributed by atoms with Crippen LogP contribution in [0.4, 0.5) is 0 Å². The molecule has 0 aliphatic carbocycles. The Morgan fingerprint density at radius 3 is 2.23 bits per heavy atom. The highest BCUT2D eigenvalue weighted by molar-refractivity contribution is 9.10. The van der Waals surface area contributed by atoms with Crippen LogP contribution in [0.25, 0.3) is 0 Å². The summed E-state index contributed by atoms with van der Waals surface area (Å²) in [5.41, 5.74) is 2.23. The monoisotopic (exact) mass is 618 g/mol. The lowest BCUT2D eigenvalue weighted by molar-refractivity contribution is 0.0754. The highest BCUT2D eigenvalue weighted by atomic mass is 79.9. The molecule has 0 N–H and O–H groups in total. The van der Waals surface area contributed by atoms with Crippen molar-refractivity contribution in [3.63, 3.8) is 0 Å². The fraction of sp³-hybridized carbons (Fsp3) is 0.296. The molecule has 1 heterocycles. The van der Waals surface area contributed by atoms with E-state index in [-0.39, 0.29) is 16.8 Å². The first-order valence-corrected chi connectivity index (χ1v) is 14.6. The Hall–Kier alpha value is -2.00. The van der Waals surface area contributed by atoms with Crippen LogP contribution < -0.4 is 0 Å². The van der Waals surface area contributed by atoms with Gasteiger partial charge in [-0.1, -0.05) is 71.4 Å². The lowest BCUT2D eigenvalue weighted by Gasteiger charge is -2.31. The summed E-state index contributed by atoms with van der Waals surface area (Å²) in [6, 6.07) is 22.1. The molecular formula is C27H28Br2N2O3S. The van der Waals surface area contributed by atoms with Crippen molar-refractivity contribution in [1.29, 1.82) is 0 Å². The van der Waals surface area contributed by atoms with Crippen LogP contribution in [0.2, 0.25) is 0 Å². The third kappa shape index (κ3) is 5.56. The molecule has 5 nitrogen and oxygen atoms in total. The minimum atomic E-state index is -3.72. The van der Waals surface area contributed by atoms with E-state index in [1.165, 1.54) is 10.4 Å². The zero-order chi connectivity index (χ0) is 25.2. The van der Waals surface area contributed by atoms with Crippen molar-refractivity contribution in [1.82, 2.24) is 9.21 Å². The molecule has 1 saturated heterocycles. The van der Waals surface area contributed by atoms with Crippen molar-refractivity contribution < 1.29 is 13.2 Å². The van der Waals surface area contributed by atoms with E-state index >= 15 is 0 Å². The third-order valence-corrected chi connectivity index (χ3v) is 10.2. The highest BCUT2D eigenvalue weighted by Crippen LogP contribution is 2.35. The summed E-state index contributed by atoms with van der Waals surface area (Å²) in [5, 5.41) is 0. The van der Waals surface area contributed by atoms with Gasteiger partial charge in [0.1, 0.15) is 0 Å². The zero-order valence-corrected chi connectivity index (χ0v) is 23.7. The van der Waals surface area contributed by atoms with Gasteiger partial charge in [0, 0.05) is 34.6 Å². The maximum Gasteiger partial charge on any atom is 0.254 e. The second kappa shape index (κ2) is 10.9. The lowest BCUT2D eigenvalue weighted by Crippen LogP contribution is -2.38. The average molecular weight is 620 g/mol. The quantitative estimate of drug-likeness (QED) is 0.317. The van der Waals surface area contributed by atoms with Gasteiger partial charge in [0.05, 0.1) is 10.9 Å². The van der Waals surface area contributed by atoms with Gasteiger partial charge in [-0.05, 0) is 70.1 Å². The van der Waals surface area contributed by atoms with E-state index in [9.17, 15) is 13.2 Å². The highest BCUT2D eigenvalue weighted by Gasteiger charge is 2.32. The number of sulfonamides is 1. The Morgan fingerprint density at radius 1 is 0.943 bits per heavy atom. The zero-order valence-electron chi connectivity index (χ0n) is 19.7. The largest absolute Gasteiger partial charge is 0.331 e. The summed E-state index contributed by atoms with van der Waals surface area (Å²) in [5.74, 6) is 0.254. The lowest BCUT2D eigenvalue weighted by atomic mass is 9.97. The summed E-state index contributed by atoms with van der Waals surface area (Å²) in [6.45, 7) is 3.13. The van der Waals surface area contributed by atoms with Gasteiger partial charge in [0.15, 0.2) is 0 Å². The van der Waals surface area contributed by atoms with Gasteiger partial charge >= 0.3 is 0 Å². The van der Waals surface area contributed by atoms with E-state index in [0.29, 0.717) is 29.0 Å². The molecule has 0 radical (unpaired) electrons. The molecule has 1 fully saturated rings. The number of hydrogen-bond donors (Lipinski definition) is 0. The topological polar surface area (TPSA) is 57.7 Å². The first kappa shape index (κ1) is 26.1. The van der Waals surface area contributed by atoms with Gasteiger partial charge < -0.3 is 4.90 Å². The van der Waals surface area contributed by atoms with Crippen molar-refractivity contribution >= 4 is 47.8 Å². The van der Waals surface area contributed by atoms with Crippen LogP contribution in [0.3, 0.4) is 0 Å². The van der Waals surface area contributed by atoms with E-state index in [4.69, 9.17) is 0 Å². The molecule has 0 aromatic heterocycles. The minimum absolute atomic E-state index is 0.128. The van der Waals surface area contributed by atoms with Crippen LogP contribution in [0, 0.1) is 5.92 Å². The second-order valence-corrected chi connectivity index (χ2v) is 12.6. The smallest absolute Gasteiger partial charge is 0.254 e. The fourth-order valence-electron chi connectivity index (χ4n) is 4.46. The van der Waals surface area contributed by atoms with Crippen molar-refractivity contribution in [2.24, 2.45) is 5.92 Å². The molecule has 1 aliphatic heterocycles. The normalized spacial score (nSPS) is 16.1. The SMILES string of the molecule is CC1CCN(S(=O)(=O)c2cc(C(=O)N(C)C(c3ccccc3)c3ccccc3Br)ccc2Br)CC1. The van der Waals surface area contributed by atoms with Gasteiger partial charge in [0.2, 0.25) is 10.0 Å². The predicted molar refractivity (Wildman–Crippen MR) is 146 cm³/mol. The molecular weight excluding hydrogens is 592 g/mol. The molecule has 1 unspecified atom stereocenters. The molecule has 1 atom stereocenters. The van der Waals surface area contributed by atoms with Crippen LogP contribution in [-0.2, 0) is 10.0 Å². The molecule has 8 heteroatoms. The first-order valence-electron chi connectivity index (χ1n) is 11.6. The van der Waals surface area contributed by atoms with E-state index in [2.05, 4.69) is 38.8 Å². The number of nitrogens with zero attached hydrogens (tertiary/aromatic N) is 2. The van der Waals surface area contributed by atoms with Crippen LogP contribution in [0.1, 0.15) is 47.3 Å². The van der Waals surface area contributed by atoms with Crippen LogP contribution in [0.5, 0.6) is 0 Å². The second-order valence-electron chi connectivity index (χ2n) is 8.98. The number of hydrogen-bond acceptors (Lipinski definition) is 3. The molecule has 35 heavy (non-hydrogen) atoms. The Kier molecular flexibility index (Phi) is 8.16. The first-order chi connectivity index (χ1) is 16.7. The minimum Gasteiger partial charge on any atom is -0.331 e. The Morgan fingerprint density at radius 2 is 1.57 bits per heavy atom. The number of piperidine rings is 1. The maximum atomic E-state index is 13.7. The molecule has 0 saturated carbocycles. The van der Waals surface area contributed by atoms with Gasteiger partial charge in [-0.15, -0.1) is 0 Å². The third-order valence-electron chi connectivity index (χ3n) is 6.56. The summed E-state index contributed by atoms with van der Waals surface area (Å²) in [7, 11) is -1.97. The van der Waals surface area contributed by atoms with E-state index < -0.39 is 10.0 Å². The molecule has 0 bridgehead atoms. The van der Waals surface area contributed by atoms with E-state index in [1.807, 2.05) is 54.6 Å². The summed E-state index contributed by atoms with van der Waals surface area (Å²) < 4.78 is 29.8. The predicted octanol–water partition coefficient (Wildman–Crippen LogP) is 6.49. The molecule has 184 valence electrons. The van der Waals surface area contributed by atoms with Crippen LogP contribution in [0.15, 0.2) is 86.6 Å². The maximum absolute atomic E-state index is 13.7. The summed E-state index contributed by atoms with van der Waals surface area (Å²) in [6.07, 6.45) is 1.67. The van der Waals surface area contributed by atoms with Crippen molar-refractivity contribution in [2.75, 3.05) is 20.1 Å². The van der Waals surface area contributed by atoms with Gasteiger partial charge in [-0.2, -0.15) is 4.31 Å². The number of carbonyl (C=O) groups is 1. The Bertz CT molecular complexity index is 1310. The van der Waals surface area contributed by atoms with Gasteiger partial charge in [-0.25, -0.2) is 8.42 Å². The van der Waals surface area contributed by atoms with Crippen molar-refractivity contribution in [3.05, 3.63) is 98.4 Å². The number of benzene rings is 3. The Labute approximate surface area is 224 Å². The van der Waals surface area contributed by atoms with Gasteiger partial charge in [0.25, 0.3) is 5.91 Å². The van der Waals surface area contributed by atoms with E-state index in [1.54, 1.807) is 24.1 Å². The molecule has 1 aliphatic rings. The molecule has 4 rings (SSSR count). The number of carbonyl (C=O) groups excluding carboxylic acids is 1. The molecule has 3 aromatic carbocycles. The van der Waals surface area contributed by atoms with Crippen LogP contribution >= 0.6 is 31.9 Å². The number of halogens is 2.